The van der Waals surface area contributed by atoms with Gasteiger partial charge in [-0.2, -0.15) is 0 Å². The van der Waals surface area contributed by atoms with Crippen molar-refractivity contribution in [2.75, 3.05) is 32.5 Å². The van der Waals surface area contributed by atoms with Gasteiger partial charge in [-0.1, -0.05) is 17.7 Å². The third kappa shape index (κ3) is 4.08. The van der Waals surface area contributed by atoms with Crippen LogP contribution in [0.1, 0.15) is 5.56 Å². The molecule has 0 radical (unpaired) electrons. The second kappa shape index (κ2) is 5.95. The molecule has 4 heteroatoms. The van der Waals surface area contributed by atoms with E-state index in [2.05, 4.69) is 10.2 Å². The number of halogens is 1. The first-order valence-electron chi connectivity index (χ1n) is 5.00. The van der Waals surface area contributed by atoms with Gasteiger partial charge in [0.05, 0.1) is 0 Å². The SMILES string of the molecule is CN(C)CCNc1cc(Cl)ccc1CN. The first-order chi connectivity index (χ1) is 7.13. The summed E-state index contributed by atoms with van der Waals surface area (Å²) in [4.78, 5) is 2.12. The summed E-state index contributed by atoms with van der Waals surface area (Å²) in [6.45, 7) is 2.40. The molecule has 0 bridgehead atoms. The highest BCUT2D eigenvalue weighted by Gasteiger charge is 2.01. The second-order valence-corrected chi connectivity index (χ2v) is 4.17. The van der Waals surface area contributed by atoms with Crippen LogP contribution in [0, 0.1) is 0 Å². The fraction of sp³-hybridized carbons (Fsp3) is 0.455. The highest BCUT2D eigenvalue weighted by atomic mass is 35.5. The first kappa shape index (κ1) is 12.3. The van der Waals surface area contributed by atoms with E-state index >= 15 is 0 Å². The molecule has 0 amide bonds. The normalized spacial score (nSPS) is 10.7. The fourth-order valence-corrected chi connectivity index (χ4v) is 1.48. The summed E-state index contributed by atoms with van der Waals surface area (Å²) in [5.41, 5.74) is 7.77. The van der Waals surface area contributed by atoms with Crippen molar-refractivity contribution in [3.8, 4) is 0 Å². The molecule has 3 N–H and O–H groups in total. The van der Waals surface area contributed by atoms with Crippen LogP contribution in [0.4, 0.5) is 5.69 Å². The van der Waals surface area contributed by atoms with Gasteiger partial charge in [-0.15, -0.1) is 0 Å². The maximum absolute atomic E-state index is 5.92. The Hall–Kier alpha value is -0.770. The van der Waals surface area contributed by atoms with E-state index < -0.39 is 0 Å². The molecule has 1 rings (SSSR count). The highest BCUT2D eigenvalue weighted by molar-refractivity contribution is 6.30. The maximum Gasteiger partial charge on any atom is 0.0426 e. The van der Waals surface area contributed by atoms with Crippen LogP contribution in [0.2, 0.25) is 5.02 Å². The van der Waals surface area contributed by atoms with Gasteiger partial charge in [-0.25, -0.2) is 0 Å². The molecule has 1 aromatic carbocycles. The molecule has 0 aliphatic heterocycles. The minimum atomic E-state index is 0.529. The largest absolute Gasteiger partial charge is 0.383 e. The number of nitrogens with zero attached hydrogens (tertiary/aromatic N) is 1. The number of hydrogen-bond acceptors (Lipinski definition) is 3. The molecule has 0 unspecified atom stereocenters. The molecule has 0 fully saturated rings. The molecule has 1 aromatic rings. The molecule has 84 valence electrons. The van der Waals surface area contributed by atoms with E-state index in [1.54, 1.807) is 0 Å². The summed E-state index contributed by atoms with van der Waals surface area (Å²) in [5, 5.41) is 4.07. The van der Waals surface area contributed by atoms with Crippen LogP contribution >= 0.6 is 11.6 Å². The minimum Gasteiger partial charge on any atom is -0.383 e. The lowest BCUT2D eigenvalue weighted by Gasteiger charge is -2.14. The van der Waals surface area contributed by atoms with Gasteiger partial charge in [-0.3, -0.25) is 0 Å². The molecule has 0 atom stereocenters. The lowest BCUT2D eigenvalue weighted by atomic mass is 10.2. The molecule has 0 saturated heterocycles. The van der Waals surface area contributed by atoms with E-state index in [0.717, 1.165) is 29.4 Å². The summed E-state index contributed by atoms with van der Waals surface area (Å²) >= 11 is 5.92. The summed E-state index contributed by atoms with van der Waals surface area (Å²) in [6.07, 6.45) is 0. The number of anilines is 1. The zero-order valence-electron chi connectivity index (χ0n) is 9.26. The molecule has 0 aliphatic carbocycles. The Kier molecular flexibility index (Phi) is 4.88. The second-order valence-electron chi connectivity index (χ2n) is 3.74. The standard InChI is InChI=1S/C11H18ClN3/c1-15(2)6-5-14-11-7-10(12)4-3-9(11)8-13/h3-4,7,14H,5-6,8,13H2,1-2H3. The van der Waals surface area contributed by atoms with Crippen molar-refractivity contribution in [3.05, 3.63) is 28.8 Å². The molecule has 0 heterocycles. The van der Waals surface area contributed by atoms with Crippen LogP contribution in [0.15, 0.2) is 18.2 Å². The van der Waals surface area contributed by atoms with Crippen LogP contribution in [0.5, 0.6) is 0 Å². The van der Waals surface area contributed by atoms with Crippen LogP contribution in [-0.2, 0) is 6.54 Å². The Balaban J connectivity index is 2.62. The maximum atomic E-state index is 5.92. The van der Waals surface area contributed by atoms with E-state index in [0.29, 0.717) is 6.54 Å². The zero-order valence-corrected chi connectivity index (χ0v) is 10.0. The number of hydrogen-bond donors (Lipinski definition) is 2. The molecule has 0 spiro atoms. The number of likely N-dealkylation sites (N-methyl/N-ethyl adjacent to an activating group) is 1. The quantitative estimate of drug-likeness (QED) is 0.806. The number of nitrogens with one attached hydrogen (secondary N) is 1. The van der Waals surface area contributed by atoms with Crippen molar-refractivity contribution in [2.24, 2.45) is 5.73 Å². The van der Waals surface area contributed by atoms with Gasteiger partial charge in [0.15, 0.2) is 0 Å². The summed E-state index contributed by atoms with van der Waals surface area (Å²) in [7, 11) is 4.09. The Labute approximate surface area is 96.2 Å². The van der Waals surface area contributed by atoms with E-state index in [1.165, 1.54) is 0 Å². The van der Waals surface area contributed by atoms with Gasteiger partial charge in [0.25, 0.3) is 0 Å². The number of benzene rings is 1. The summed E-state index contributed by atoms with van der Waals surface area (Å²) < 4.78 is 0. The van der Waals surface area contributed by atoms with Gasteiger partial charge in [0, 0.05) is 30.3 Å². The average molecular weight is 228 g/mol. The van der Waals surface area contributed by atoms with Crippen LogP contribution in [-0.4, -0.2) is 32.1 Å². The van der Waals surface area contributed by atoms with Crippen molar-refractivity contribution in [1.29, 1.82) is 0 Å². The third-order valence-corrected chi connectivity index (χ3v) is 2.40. The first-order valence-corrected chi connectivity index (χ1v) is 5.38. The predicted octanol–water partition coefficient (Wildman–Crippen LogP) is 1.77. The predicted molar refractivity (Wildman–Crippen MR) is 66.4 cm³/mol. The molecule has 15 heavy (non-hydrogen) atoms. The topological polar surface area (TPSA) is 41.3 Å². The van der Waals surface area contributed by atoms with Crippen LogP contribution < -0.4 is 11.1 Å². The molecule has 0 aromatic heterocycles. The van der Waals surface area contributed by atoms with Gasteiger partial charge >= 0.3 is 0 Å². The molecular formula is C11H18ClN3. The van der Waals surface area contributed by atoms with E-state index in [1.807, 2.05) is 32.3 Å². The number of nitrogens with two attached hydrogens (primary N) is 1. The summed E-state index contributed by atoms with van der Waals surface area (Å²) in [5.74, 6) is 0. The monoisotopic (exact) mass is 227 g/mol. The van der Waals surface area contributed by atoms with E-state index in [9.17, 15) is 0 Å². The van der Waals surface area contributed by atoms with E-state index in [4.69, 9.17) is 17.3 Å². The zero-order chi connectivity index (χ0) is 11.3. The van der Waals surface area contributed by atoms with Gasteiger partial charge in [-0.05, 0) is 31.8 Å². The van der Waals surface area contributed by atoms with E-state index in [-0.39, 0.29) is 0 Å². The molecule has 0 aliphatic rings. The number of rotatable bonds is 5. The molecular weight excluding hydrogens is 210 g/mol. The highest BCUT2D eigenvalue weighted by Crippen LogP contribution is 2.20. The Morgan fingerprint density at radius 1 is 1.40 bits per heavy atom. The van der Waals surface area contributed by atoms with Crippen molar-refractivity contribution >= 4 is 17.3 Å². The van der Waals surface area contributed by atoms with Crippen LogP contribution in [0.3, 0.4) is 0 Å². The van der Waals surface area contributed by atoms with Crippen molar-refractivity contribution in [1.82, 2.24) is 4.90 Å². The average Bonchev–Trinajstić information content (AvgIpc) is 2.17. The van der Waals surface area contributed by atoms with Crippen molar-refractivity contribution < 1.29 is 0 Å². The van der Waals surface area contributed by atoms with Crippen molar-refractivity contribution in [2.45, 2.75) is 6.54 Å². The Bertz CT molecular complexity index is 313. The lowest BCUT2D eigenvalue weighted by Crippen LogP contribution is -2.21. The lowest BCUT2D eigenvalue weighted by molar-refractivity contribution is 0.425. The molecule has 3 nitrogen and oxygen atoms in total. The Morgan fingerprint density at radius 2 is 2.13 bits per heavy atom. The van der Waals surface area contributed by atoms with Gasteiger partial charge in [0.2, 0.25) is 0 Å². The molecule has 0 saturated carbocycles. The van der Waals surface area contributed by atoms with Crippen LogP contribution in [0.25, 0.3) is 0 Å². The Morgan fingerprint density at radius 3 is 2.73 bits per heavy atom. The van der Waals surface area contributed by atoms with Gasteiger partial charge in [0.1, 0.15) is 0 Å². The third-order valence-electron chi connectivity index (χ3n) is 2.17. The smallest absolute Gasteiger partial charge is 0.0426 e. The summed E-state index contributed by atoms with van der Waals surface area (Å²) in [6, 6.07) is 5.74. The van der Waals surface area contributed by atoms with Crippen molar-refractivity contribution in [3.63, 3.8) is 0 Å². The van der Waals surface area contributed by atoms with Gasteiger partial charge < -0.3 is 16.0 Å². The minimum absolute atomic E-state index is 0.529. The fourth-order valence-electron chi connectivity index (χ4n) is 1.31.